The highest BCUT2D eigenvalue weighted by Gasteiger charge is 2.23. The van der Waals surface area contributed by atoms with Crippen molar-refractivity contribution in [3.05, 3.63) is 48.6 Å². The molecule has 128 valence electrons. The molecule has 5 heteroatoms. The smallest absolute Gasteiger partial charge is 0.306 e. The number of hydrogen-bond acceptors (Lipinski definition) is 5. The Balaban J connectivity index is 2.55. The van der Waals surface area contributed by atoms with Crippen molar-refractivity contribution in [2.45, 2.75) is 44.9 Å². The summed E-state index contributed by atoms with van der Waals surface area (Å²) in [5.41, 5.74) is 1.05. The van der Waals surface area contributed by atoms with Crippen LogP contribution < -0.4 is 0 Å². The number of rotatable bonds is 11. The van der Waals surface area contributed by atoms with Crippen molar-refractivity contribution in [3.63, 3.8) is 0 Å². The number of esters is 1. The Hall–Kier alpha value is -1.69. The van der Waals surface area contributed by atoms with Gasteiger partial charge in [-0.1, -0.05) is 43.0 Å². The summed E-state index contributed by atoms with van der Waals surface area (Å²) in [7, 11) is 3.09. The molecule has 0 aliphatic rings. The second-order valence-corrected chi connectivity index (χ2v) is 5.14. The van der Waals surface area contributed by atoms with Gasteiger partial charge in [0.15, 0.2) is 6.29 Å². The Morgan fingerprint density at radius 2 is 1.87 bits per heavy atom. The summed E-state index contributed by atoms with van der Waals surface area (Å²) in [6, 6.07) is 9.81. The topological polar surface area (TPSA) is 54.0 Å². The Morgan fingerprint density at radius 1 is 1.22 bits per heavy atom. The van der Waals surface area contributed by atoms with E-state index in [-0.39, 0.29) is 24.6 Å². The number of hydrogen-bond donors (Lipinski definition) is 0. The first-order chi connectivity index (χ1) is 11.1. The lowest BCUT2D eigenvalue weighted by molar-refractivity contribution is -0.187. The Morgan fingerprint density at radius 3 is 2.43 bits per heavy atom. The molecule has 0 N–H and O–H groups in total. The average Bonchev–Trinajstić information content (AvgIpc) is 2.58. The van der Waals surface area contributed by atoms with E-state index in [1.807, 2.05) is 30.3 Å². The van der Waals surface area contributed by atoms with Crippen LogP contribution in [-0.2, 0) is 30.3 Å². The fourth-order valence-corrected chi connectivity index (χ4v) is 2.05. The number of carbonyl (C=O) groups excluding carboxylic acids is 1. The van der Waals surface area contributed by atoms with E-state index in [1.165, 1.54) is 0 Å². The van der Waals surface area contributed by atoms with Crippen molar-refractivity contribution in [3.8, 4) is 0 Å². The summed E-state index contributed by atoms with van der Waals surface area (Å²) in [5, 5.41) is 0. The molecule has 0 saturated heterocycles. The lowest BCUT2D eigenvalue weighted by atomic mass is 10.1. The predicted octanol–water partition coefficient (Wildman–Crippen LogP) is 3.09. The minimum Gasteiger partial charge on any atom is -0.458 e. The third-order valence-electron chi connectivity index (χ3n) is 3.36. The molecule has 0 aliphatic heterocycles. The first-order valence-corrected chi connectivity index (χ1v) is 7.63. The third-order valence-corrected chi connectivity index (χ3v) is 3.36. The van der Waals surface area contributed by atoms with Gasteiger partial charge in [-0.25, -0.2) is 0 Å². The zero-order valence-electron chi connectivity index (χ0n) is 14.1. The largest absolute Gasteiger partial charge is 0.458 e. The fraction of sp³-hybridized carbons (Fsp3) is 0.500. The van der Waals surface area contributed by atoms with E-state index >= 15 is 0 Å². The van der Waals surface area contributed by atoms with Gasteiger partial charge in [-0.2, -0.15) is 0 Å². The SMILES string of the molecule is C=CC(C)OC(=O)CC[C@H](OCc1ccccc1)C(OC)OC. The van der Waals surface area contributed by atoms with E-state index in [0.29, 0.717) is 13.0 Å². The van der Waals surface area contributed by atoms with Crippen molar-refractivity contribution in [2.75, 3.05) is 14.2 Å². The van der Waals surface area contributed by atoms with Gasteiger partial charge in [-0.05, 0) is 18.9 Å². The molecule has 1 aromatic rings. The minimum atomic E-state index is -0.539. The molecular formula is C18H26O5. The van der Waals surface area contributed by atoms with Crippen molar-refractivity contribution in [1.29, 1.82) is 0 Å². The number of carbonyl (C=O) groups is 1. The standard InChI is InChI=1S/C18H26O5/c1-5-14(2)23-17(19)12-11-16(18(20-3)21-4)22-13-15-9-7-6-8-10-15/h5-10,14,16,18H,1,11-13H2,2-4H3/t14?,16-/m0/s1. The summed E-state index contributed by atoms with van der Waals surface area (Å²) in [6.45, 7) is 5.77. The van der Waals surface area contributed by atoms with E-state index in [1.54, 1.807) is 27.2 Å². The monoisotopic (exact) mass is 322 g/mol. The van der Waals surface area contributed by atoms with Crippen LogP contribution in [0.2, 0.25) is 0 Å². The van der Waals surface area contributed by atoms with Gasteiger partial charge < -0.3 is 18.9 Å². The predicted molar refractivity (Wildman–Crippen MR) is 87.8 cm³/mol. The Bertz CT molecular complexity index is 456. The molecule has 0 amide bonds. The van der Waals surface area contributed by atoms with E-state index < -0.39 is 6.29 Å². The summed E-state index contributed by atoms with van der Waals surface area (Å²) >= 11 is 0. The van der Waals surface area contributed by atoms with E-state index in [4.69, 9.17) is 18.9 Å². The Kier molecular flexibility index (Phi) is 9.21. The molecular weight excluding hydrogens is 296 g/mol. The van der Waals surface area contributed by atoms with Crippen LogP contribution in [0, 0.1) is 0 Å². The maximum atomic E-state index is 11.8. The zero-order chi connectivity index (χ0) is 17.1. The second-order valence-electron chi connectivity index (χ2n) is 5.14. The van der Waals surface area contributed by atoms with Crippen LogP contribution in [0.15, 0.2) is 43.0 Å². The number of benzene rings is 1. The molecule has 1 rings (SSSR count). The van der Waals surface area contributed by atoms with Gasteiger partial charge in [0, 0.05) is 20.6 Å². The molecule has 0 heterocycles. The Labute approximate surface area is 138 Å². The first-order valence-electron chi connectivity index (χ1n) is 7.63. The molecule has 23 heavy (non-hydrogen) atoms. The van der Waals surface area contributed by atoms with Gasteiger partial charge in [-0.15, -0.1) is 0 Å². The lowest BCUT2D eigenvalue weighted by Crippen LogP contribution is -2.33. The van der Waals surface area contributed by atoms with Gasteiger partial charge in [0.1, 0.15) is 12.2 Å². The van der Waals surface area contributed by atoms with Crippen LogP contribution in [0.1, 0.15) is 25.3 Å². The fourth-order valence-electron chi connectivity index (χ4n) is 2.05. The lowest BCUT2D eigenvalue weighted by Gasteiger charge is -2.25. The molecule has 0 saturated carbocycles. The number of methoxy groups -OCH3 is 2. The third kappa shape index (κ3) is 7.41. The summed E-state index contributed by atoms with van der Waals surface area (Å²) in [4.78, 5) is 11.8. The van der Waals surface area contributed by atoms with Crippen molar-refractivity contribution in [2.24, 2.45) is 0 Å². The van der Waals surface area contributed by atoms with Gasteiger partial charge >= 0.3 is 5.97 Å². The molecule has 0 aromatic heterocycles. The molecule has 1 aromatic carbocycles. The summed E-state index contributed by atoms with van der Waals surface area (Å²) in [6.07, 6.45) is 1.05. The van der Waals surface area contributed by atoms with Gasteiger partial charge in [0.2, 0.25) is 0 Å². The number of ether oxygens (including phenoxy) is 4. The maximum absolute atomic E-state index is 11.8. The molecule has 0 spiro atoms. The van der Waals surface area contributed by atoms with Crippen LogP contribution in [0.25, 0.3) is 0 Å². The minimum absolute atomic E-state index is 0.223. The molecule has 0 bridgehead atoms. The zero-order valence-corrected chi connectivity index (χ0v) is 14.1. The molecule has 0 radical (unpaired) electrons. The molecule has 1 unspecified atom stereocenters. The van der Waals surface area contributed by atoms with Gasteiger partial charge in [0.05, 0.1) is 6.61 Å². The van der Waals surface area contributed by atoms with Crippen molar-refractivity contribution in [1.82, 2.24) is 0 Å². The second kappa shape index (κ2) is 10.9. The van der Waals surface area contributed by atoms with E-state index in [9.17, 15) is 4.79 Å². The first kappa shape index (κ1) is 19.4. The normalized spacial score (nSPS) is 13.6. The summed E-state index contributed by atoms with van der Waals surface area (Å²) < 4.78 is 21.6. The molecule has 5 nitrogen and oxygen atoms in total. The van der Waals surface area contributed by atoms with Gasteiger partial charge in [0.25, 0.3) is 0 Å². The van der Waals surface area contributed by atoms with Crippen LogP contribution in [0.4, 0.5) is 0 Å². The van der Waals surface area contributed by atoms with Crippen LogP contribution in [0.5, 0.6) is 0 Å². The highest BCUT2D eigenvalue weighted by atomic mass is 16.7. The molecule has 2 atom stereocenters. The maximum Gasteiger partial charge on any atom is 0.306 e. The quantitative estimate of drug-likeness (QED) is 0.356. The average molecular weight is 322 g/mol. The van der Waals surface area contributed by atoms with Crippen molar-refractivity contribution < 1.29 is 23.7 Å². The van der Waals surface area contributed by atoms with E-state index in [2.05, 4.69) is 6.58 Å². The van der Waals surface area contributed by atoms with E-state index in [0.717, 1.165) is 5.56 Å². The highest BCUT2D eigenvalue weighted by molar-refractivity contribution is 5.69. The summed E-state index contributed by atoms with van der Waals surface area (Å²) in [5.74, 6) is -0.295. The molecule has 0 fully saturated rings. The van der Waals surface area contributed by atoms with Crippen molar-refractivity contribution >= 4 is 5.97 Å². The van der Waals surface area contributed by atoms with Crippen LogP contribution in [0.3, 0.4) is 0 Å². The van der Waals surface area contributed by atoms with Crippen LogP contribution in [-0.4, -0.2) is 38.7 Å². The van der Waals surface area contributed by atoms with Gasteiger partial charge in [-0.3, -0.25) is 4.79 Å². The highest BCUT2D eigenvalue weighted by Crippen LogP contribution is 2.15. The molecule has 0 aliphatic carbocycles. The van der Waals surface area contributed by atoms with Crippen LogP contribution >= 0.6 is 0 Å².